The Balaban J connectivity index is 1.64. The molecule has 2 saturated carbocycles. The van der Waals surface area contributed by atoms with Crippen LogP contribution in [0.2, 0.25) is 0 Å². The highest BCUT2D eigenvalue weighted by Gasteiger charge is 2.58. The van der Waals surface area contributed by atoms with Gasteiger partial charge in [-0.2, -0.15) is 0 Å². The molecule has 1 heterocycles. The van der Waals surface area contributed by atoms with Gasteiger partial charge in [0.2, 0.25) is 0 Å². The lowest BCUT2D eigenvalue weighted by Crippen LogP contribution is -2.52. The molecule has 28 heavy (non-hydrogen) atoms. The quantitative estimate of drug-likeness (QED) is 0.793. The molecule has 1 aromatic rings. The molecule has 0 spiro atoms. The number of carboxylic acids is 2. The number of nitrogens with zero attached hydrogens (tertiary/aromatic N) is 2. The van der Waals surface area contributed by atoms with E-state index in [4.69, 9.17) is 0 Å². The van der Waals surface area contributed by atoms with Crippen molar-refractivity contribution in [2.45, 2.75) is 58.8 Å². The Morgan fingerprint density at radius 3 is 2.61 bits per heavy atom. The molecule has 0 saturated heterocycles. The van der Waals surface area contributed by atoms with Gasteiger partial charge in [-0.05, 0) is 61.2 Å². The molecule has 152 valence electrons. The van der Waals surface area contributed by atoms with E-state index < -0.39 is 17.4 Å². The molecule has 1 aromatic heterocycles. The van der Waals surface area contributed by atoms with Crippen molar-refractivity contribution in [3.8, 4) is 0 Å². The Kier molecular flexibility index (Phi) is 4.63. The molecule has 6 heteroatoms. The molecule has 0 radical (unpaired) electrons. The highest BCUT2D eigenvalue weighted by molar-refractivity contribution is 5.69. The molecular formula is C22H30N2O4. The number of aliphatic carboxylic acids is 2. The molecule has 2 fully saturated rings. The van der Waals surface area contributed by atoms with Gasteiger partial charge in [0, 0.05) is 29.9 Å². The minimum Gasteiger partial charge on any atom is -0.481 e. The van der Waals surface area contributed by atoms with Gasteiger partial charge in [-0.1, -0.05) is 19.9 Å². The number of fused-ring (bicyclic) bond motifs is 3. The van der Waals surface area contributed by atoms with Gasteiger partial charge in [0.25, 0.3) is 0 Å². The third-order valence-electron chi connectivity index (χ3n) is 8.34. The lowest BCUT2D eigenvalue weighted by molar-refractivity contribution is -0.153. The first-order valence-electron chi connectivity index (χ1n) is 10.4. The van der Waals surface area contributed by atoms with Crippen LogP contribution in [0.25, 0.3) is 5.70 Å². The number of allylic oxidation sites excluding steroid dienone is 2. The third kappa shape index (κ3) is 2.88. The minimum atomic E-state index is -0.814. The summed E-state index contributed by atoms with van der Waals surface area (Å²) in [5, 5.41) is 19.0. The smallest absolute Gasteiger partial charge is 0.303 e. The van der Waals surface area contributed by atoms with Crippen molar-refractivity contribution in [1.29, 1.82) is 0 Å². The SMILES string of the molecule is C[C@]1(CC(=O)O)[C@H](CC(=O)O)CC[C@@H]2[C@@H]1CC[C@]1(C)C(n3ccnc3)=CC[C@@H]21. The van der Waals surface area contributed by atoms with E-state index >= 15 is 0 Å². The maximum atomic E-state index is 11.7. The summed E-state index contributed by atoms with van der Waals surface area (Å²) in [6.45, 7) is 4.40. The van der Waals surface area contributed by atoms with Crippen LogP contribution in [0.4, 0.5) is 0 Å². The minimum absolute atomic E-state index is 0.0609. The maximum Gasteiger partial charge on any atom is 0.303 e. The van der Waals surface area contributed by atoms with Crippen LogP contribution in [-0.2, 0) is 9.59 Å². The maximum absolute atomic E-state index is 11.7. The van der Waals surface area contributed by atoms with Crippen molar-refractivity contribution in [3.05, 3.63) is 24.8 Å². The Labute approximate surface area is 165 Å². The summed E-state index contributed by atoms with van der Waals surface area (Å²) in [6, 6.07) is 0. The van der Waals surface area contributed by atoms with Crippen molar-refractivity contribution >= 4 is 17.6 Å². The molecule has 0 amide bonds. The zero-order valence-electron chi connectivity index (χ0n) is 16.7. The van der Waals surface area contributed by atoms with Crippen molar-refractivity contribution in [1.82, 2.24) is 9.55 Å². The van der Waals surface area contributed by atoms with Gasteiger partial charge in [-0.3, -0.25) is 9.59 Å². The van der Waals surface area contributed by atoms with Crippen molar-refractivity contribution in [2.24, 2.45) is 34.5 Å². The number of carboxylic acid groups (broad SMARTS) is 2. The number of carbonyl (C=O) groups is 2. The van der Waals surface area contributed by atoms with Gasteiger partial charge in [-0.15, -0.1) is 0 Å². The van der Waals surface area contributed by atoms with E-state index in [9.17, 15) is 19.8 Å². The third-order valence-corrected chi connectivity index (χ3v) is 8.34. The Morgan fingerprint density at radius 2 is 1.96 bits per heavy atom. The van der Waals surface area contributed by atoms with Crippen LogP contribution in [0.5, 0.6) is 0 Å². The fraction of sp³-hybridized carbons (Fsp3) is 0.682. The van der Waals surface area contributed by atoms with E-state index in [2.05, 4.69) is 22.6 Å². The molecule has 2 N–H and O–H groups in total. The number of hydrogen-bond donors (Lipinski definition) is 2. The largest absolute Gasteiger partial charge is 0.481 e. The van der Waals surface area contributed by atoms with Crippen molar-refractivity contribution in [3.63, 3.8) is 0 Å². The van der Waals surface area contributed by atoms with E-state index in [1.54, 1.807) is 0 Å². The van der Waals surface area contributed by atoms with Crippen LogP contribution in [0.1, 0.15) is 58.8 Å². The highest BCUT2D eigenvalue weighted by atomic mass is 16.4. The first kappa shape index (κ1) is 19.2. The summed E-state index contributed by atoms with van der Waals surface area (Å²) in [4.78, 5) is 27.4. The lowest BCUT2D eigenvalue weighted by atomic mass is 9.46. The summed E-state index contributed by atoms with van der Waals surface area (Å²) >= 11 is 0. The van der Waals surface area contributed by atoms with E-state index in [1.165, 1.54) is 5.70 Å². The molecule has 6 nitrogen and oxygen atoms in total. The van der Waals surface area contributed by atoms with Crippen LogP contribution in [0, 0.1) is 34.5 Å². The molecule has 0 aliphatic heterocycles. The van der Waals surface area contributed by atoms with Crippen LogP contribution >= 0.6 is 0 Å². The Bertz CT molecular complexity index is 801. The van der Waals surface area contributed by atoms with Crippen LogP contribution in [-0.4, -0.2) is 31.7 Å². The van der Waals surface area contributed by atoms with E-state index in [-0.39, 0.29) is 30.1 Å². The predicted molar refractivity (Wildman–Crippen MR) is 104 cm³/mol. The number of aromatic nitrogens is 2. The normalized spacial score (nSPS) is 39.7. The standard InChI is InChI=1S/C22H30N2O4/c1-21-8-7-17-15(16(21)5-6-18(21)24-10-9-23-13-24)4-3-14(11-19(25)26)22(17,2)12-20(27)28/h6,9-10,13-17H,3-5,7-8,11-12H2,1-2H3,(H,25,26)(H,27,28)/t14-,15-,16-,17-,21-,22-/m0/s1. The summed E-state index contributed by atoms with van der Waals surface area (Å²) in [5.74, 6) is -0.473. The van der Waals surface area contributed by atoms with Gasteiger partial charge in [-0.25, -0.2) is 4.98 Å². The predicted octanol–water partition coefficient (Wildman–Crippen LogP) is 4.14. The second-order valence-electron chi connectivity index (χ2n) is 9.58. The van der Waals surface area contributed by atoms with Crippen molar-refractivity contribution in [2.75, 3.05) is 0 Å². The summed E-state index contributed by atoms with van der Waals surface area (Å²) < 4.78 is 2.13. The highest BCUT2D eigenvalue weighted by Crippen LogP contribution is 2.65. The second-order valence-corrected chi connectivity index (χ2v) is 9.58. The van der Waals surface area contributed by atoms with Crippen LogP contribution in [0.3, 0.4) is 0 Å². The first-order valence-corrected chi connectivity index (χ1v) is 10.4. The molecule has 0 bridgehead atoms. The van der Waals surface area contributed by atoms with E-state index in [0.717, 1.165) is 32.1 Å². The molecular weight excluding hydrogens is 356 g/mol. The van der Waals surface area contributed by atoms with Crippen molar-refractivity contribution < 1.29 is 19.8 Å². The zero-order valence-corrected chi connectivity index (χ0v) is 16.7. The van der Waals surface area contributed by atoms with Gasteiger partial charge >= 0.3 is 11.9 Å². The fourth-order valence-electron chi connectivity index (χ4n) is 7.03. The number of rotatable bonds is 5. The lowest BCUT2D eigenvalue weighted by Gasteiger charge is -2.58. The van der Waals surface area contributed by atoms with E-state index in [1.807, 2.05) is 25.6 Å². The topological polar surface area (TPSA) is 92.4 Å². The zero-order chi connectivity index (χ0) is 20.1. The fourth-order valence-corrected chi connectivity index (χ4v) is 7.03. The molecule has 0 unspecified atom stereocenters. The van der Waals surface area contributed by atoms with Gasteiger partial charge in [0.15, 0.2) is 0 Å². The van der Waals surface area contributed by atoms with Crippen LogP contribution < -0.4 is 0 Å². The van der Waals surface area contributed by atoms with Gasteiger partial charge in [0.05, 0.1) is 12.7 Å². The molecule has 3 aliphatic rings. The summed E-state index contributed by atoms with van der Waals surface area (Å²) in [6.07, 6.45) is 13.0. The summed E-state index contributed by atoms with van der Waals surface area (Å²) in [7, 11) is 0. The second kappa shape index (κ2) is 6.75. The number of imidazole rings is 1. The van der Waals surface area contributed by atoms with Crippen LogP contribution in [0.15, 0.2) is 24.8 Å². The van der Waals surface area contributed by atoms with E-state index in [0.29, 0.717) is 11.8 Å². The molecule has 0 aromatic carbocycles. The Hall–Kier alpha value is -2.11. The van der Waals surface area contributed by atoms with Gasteiger partial charge in [0.1, 0.15) is 0 Å². The molecule has 6 atom stereocenters. The first-order chi connectivity index (χ1) is 13.3. The molecule has 3 aliphatic carbocycles. The average molecular weight is 386 g/mol. The average Bonchev–Trinajstić information content (AvgIpc) is 3.23. The monoisotopic (exact) mass is 386 g/mol. The summed E-state index contributed by atoms with van der Waals surface area (Å²) in [5.41, 5.74) is 0.943. The number of hydrogen-bond acceptors (Lipinski definition) is 3. The Morgan fingerprint density at radius 1 is 1.18 bits per heavy atom. The molecule has 4 rings (SSSR count). The van der Waals surface area contributed by atoms with Gasteiger partial charge < -0.3 is 14.8 Å².